The van der Waals surface area contributed by atoms with Crippen molar-refractivity contribution in [3.05, 3.63) is 107 Å². The first-order valence-corrected chi connectivity index (χ1v) is 12.1. The molecular formula is C29H33N3O4. The van der Waals surface area contributed by atoms with Crippen molar-refractivity contribution in [2.75, 3.05) is 6.54 Å². The van der Waals surface area contributed by atoms with Crippen LogP contribution in [0.1, 0.15) is 28.7 Å². The number of aryl methyl sites for hydroxylation is 2. The highest BCUT2D eigenvalue weighted by Gasteiger charge is 2.30. The van der Waals surface area contributed by atoms with E-state index in [0.717, 1.165) is 16.7 Å². The normalized spacial score (nSPS) is 12.3. The van der Waals surface area contributed by atoms with Gasteiger partial charge in [0, 0.05) is 6.54 Å². The lowest BCUT2D eigenvalue weighted by Gasteiger charge is -2.22. The van der Waals surface area contributed by atoms with E-state index in [1.165, 1.54) is 5.56 Å². The van der Waals surface area contributed by atoms with Crippen LogP contribution in [0.25, 0.3) is 0 Å². The Bertz CT molecular complexity index is 1120. The van der Waals surface area contributed by atoms with Crippen LogP contribution >= 0.6 is 0 Å². The summed E-state index contributed by atoms with van der Waals surface area (Å²) in [5, 5.41) is 14.9. The Morgan fingerprint density at radius 3 is 1.92 bits per heavy atom. The molecule has 0 spiro atoms. The van der Waals surface area contributed by atoms with E-state index in [2.05, 4.69) is 10.6 Å². The van der Waals surface area contributed by atoms with Gasteiger partial charge in [-0.1, -0.05) is 90.5 Å². The summed E-state index contributed by atoms with van der Waals surface area (Å²) in [6, 6.07) is 26.0. The van der Waals surface area contributed by atoms with Gasteiger partial charge in [0.15, 0.2) is 0 Å². The molecule has 3 aromatic rings. The molecule has 4 N–H and O–H groups in total. The van der Waals surface area contributed by atoms with Crippen LogP contribution in [0.15, 0.2) is 84.9 Å². The average molecular weight is 488 g/mol. The quantitative estimate of drug-likeness (QED) is 0.179. The summed E-state index contributed by atoms with van der Waals surface area (Å²) in [5.74, 6) is -2.93. The molecule has 0 unspecified atom stereocenters. The molecule has 0 heterocycles. The van der Waals surface area contributed by atoms with Gasteiger partial charge in [0.2, 0.25) is 11.8 Å². The molecule has 0 aliphatic rings. The smallest absolute Gasteiger partial charge is 0.256 e. The van der Waals surface area contributed by atoms with E-state index >= 15 is 0 Å². The highest BCUT2D eigenvalue weighted by atomic mass is 16.5. The maximum atomic E-state index is 13.1. The van der Waals surface area contributed by atoms with Gasteiger partial charge in [-0.2, -0.15) is 0 Å². The minimum absolute atomic E-state index is 0.0967. The molecule has 36 heavy (non-hydrogen) atoms. The number of amides is 3. The van der Waals surface area contributed by atoms with Gasteiger partial charge in [0.1, 0.15) is 12.0 Å². The summed E-state index contributed by atoms with van der Waals surface area (Å²) in [4.78, 5) is 38.5. The van der Waals surface area contributed by atoms with Crippen molar-refractivity contribution in [1.82, 2.24) is 16.1 Å². The van der Waals surface area contributed by atoms with Crippen LogP contribution in [0.3, 0.4) is 0 Å². The summed E-state index contributed by atoms with van der Waals surface area (Å²) >= 11 is 0. The molecule has 3 rings (SSSR count). The van der Waals surface area contributed by atoms with Crippen molar-refractivity contribution in [3.8, 4) is 0 Å². The first-order chi connectivity index (χ1) is 17.5. The monoisotopic (exact) mass is 487 g/mol. The maximum Gasteiger partial charge on any atom is 0.256 e. The standard InChI is InChI=1S/C29H33N3O4/c1-21-12-14-23(15-13-21)18-19-30-29(35)26(17-16-22-8-4-2-5-9-22)31-27(33)25(28(34)32-36)20-24-10-6-3-7-11-24/h2-15,25-26,36H,16-20H2,1H3,(H,30,35)(H,31,33)(H,32,34)/t25-,26-/m0/s1. The Kier molecular flexibility index (Phi) is 10.2. The molecule has 0 saturated heterocycles. The lowest BCUT2D eigenvalue weighted by atomic mass is 9.96. The third-order valence-electron chi connectivity index (χ3n) is 6.06. The van der Waals surface area contributed by atoms with E-state index in [1.807, 2.05) is 79.7 Å². The molecule has 0 radical (unpaired) electrons. The molecule has 3 aromatic carbocycles. The zero-order valence-electron chi connectivity index (χ0n) is 20.4. The number of carbonyl (C=O) groups excluding carboxylic acids is 3. The third kappa shape index (κ3) is 8.36. The molecule has 188 valence electrons. The zero-order valence-corrected chi connectivity index (χ0v) is 20.4. The van der Waals surface area contributed by atoms with Crippen molar-refractivity contribution in [1.29, 1.82) is 0 Å². The fourth-order valence-electron chi connectivity index (χ4n) is 3.94. The second-order valence-corrected chi connectivity index (χ2v) is 8.83. The second-order valence-electron chi connectivity index (χ2n) is 8.83. The van der Waals surface area contributed by atoms with Crippen LogP contribution in [-0.4, -0.2) is 35.5 Å². The number of nitrogens with one attached hydrogen (secondary N) is 3. The second kappa shape index (κ2) is 13.8. The van der Waals surface area contributed by atoms with Crippen LogP contribution in [-0.2, 0) is 33.6 Å². The Morgan fingerprint density at radius 1 is 0.722 bits per heavy atom. The van der Waals surface area contributed by atoms with E-state index in [4.69, 9.17) is 0 Å². The third-order valence-corrected chi connectivity index (χ3v) is 6.06. The molecular weight excluding hydrogens is 454 g/mol. The average Bonchev–Trinajstić information content (AvgIpc) is 2.91. The van der Waals surface area contributed by atoms with Gasteiger partial charge in [-0.15, -0.1) is 0 Å². The van der Waals surface area contributed by atoms with Gasteiger partial charge in [0.25, 0.3) is 5.91 Å². The summed E-state index contributed by atoms with van der Waals surface area (Å²) in [6.45, 7) is 2.44. The van der Waals surface area contributed by atoms with Crippen LogP contribution in [0.5, 0.6) is 0 Å². The van der Waals surface area contributed by atoms with Gasteiger partial charge in [-0.3, -0.25) is 19.6 Å². The minimum atomic E-state index is -1.18. The molecule has 0 saturated carbocycles. The van der Waals surface area contributed by atoms with Gasteiger partial charge < -0.3 is 10.6 Å². The van der Waals surface area contributed by atoms with Gasteiger partial charge in [-0.05, 0) is 49.3 Å². The Balaban J connectivity index is 1.68. The molecule has 0 bridgehead atoms. The van der Waals surface area contributed by atoms with Crippen molar-refractivity contribution in [2.45, 2.75) is 38.6 Å². The van der Waals surface area contributed by atoms with Crippen molar-refractivity contribution in [2.24, 2.45) is 5.92 Å². The molecule has 3 amide bonds. The van der Waals surface area contributed by atoms with E-state index in [1.54, 1.807) is 17.6 Å². The van der Waals surface area contributed by atoms with E-state index in [-0.39, 0.29) is 12.3 Å². The lowest BCUT2D eigenvalue weighted by molar-refractivity contribution is -0.142. The summed E-state index contributed by atoms with van der Waals surface area (Å²) in [5.41, 5.74) is 5.67. The molecule has 0 aliphatic carbocycles. The zero-order chi connectivity index (χ0) is 25.8. The fraction of sp³-hybridized carbons (Fsp3) is 0.276. The van der Waals surface area contributed by atoms with Crippen LogP contribution in [0.2, 0.25) is 0 Å². The molecule has 0 fully saturated rings. The first-order valence-electron chi connectivity index (χ1n) is 12.1. The number of benzene rings is 3. The summed E-state index contributed by atoms with van der Waals surface area (Å²) < 4.78 is 0. The van der Waals surface area contributed by atoms with Crippen LogP contribution in [0.4, 0.5) is 0 Å². The SMILES string of the molecule is Cc1ccc(CCNC(=O)[C@H](CCc2ccccc2)NC(=O)[C@H](Cc2ccccc2)C(=O)NO)cc1. The van der Waals surface area contributed by atoms with Crippen LogP contribution < -0.4 is 16.1 Å². The maximum absolute atomic E-state index is 13.1. The minimum Gasteiger partial charge on any atom is -0.354 e. The van der Waals surface area contributed by atoms with Crippen LogP contribution in [0, 0.1) is 12.8 Å². The summed E-state index contributed by atoms with van der Waals surface area (Å²) in [7, 11) is 0. The predicted octanol–water partition coefficient (Wildman–Crippen LogP) is 3.14. The van der Waals surface area contributed by atoms with E-state index in [0.29, 0.717) is 25.8 Å². The summed E-state index contributed by atoms with van der Waals surface area (Å²) in [6.07, 6.45) is 1.70. The Morgan fingerprint density at radius 2 is 1.31 bits per heavy atom. The van der Waals surface area contributed by atoms with E-state index < -0.39 is 23.8 Å². The number of hydroxylamine groups is 1. The largest absolute Gasteiger partial charge is 0.354 e. The Hall–Kier alpha value is -3.97. The first kappa shape index (κ1) is 26.6. The van der Waals surface area contributed by atoms with Crippen molar-refractivity contribution < 1.29 is 19.6 Å². The molecule has 7 heteroatoms. The predicted molar refractivity (Wildman–Crippen MR) is 138 cm³/mol. The Labute approximate surface area is 211 Å². The van der Waals surface area contributed by atoms with Crippen molar-refractivity contribution in [3.63, 3.8) is 0 Å². The number of hydrogen-bond donors (Lipinski definition) is 4. The topological polar surface area (TPSA) is 108 Å². The van der Waals surface area contributed by atoms with Gasteiger partial charge in [-0.25, -0.2) is 5.48 Å². The number of hydrogen-bond acceptors (Lipinski definition) is 4. The number of carbonyl (C=O) groups is 3. The fourth-order valence-corrected chi connectivity index (χ4v) is 3.94. The highest BCUT2D eigenvalue weighted by molar-refractivity contribution is 6.01. The number of rotatable bonds is 12. The van der Waals surface area contributed by atoms with Crippen molar-refractivity contribution >= 4 is 17.7 Å². The molecule has 0 aromatic heterocycles. The van der Waals surface area contributed by atoms with E-state index in [9.17, 15) is 19.6 Å². The molecule has 0 aliphatic heterocycles. The van der Waals surface area contributed by atoms with Gasteiger partial charge in [0.05, 0.1) is 0 Å². The highest BCUT2D eigenvalue weighted by Crippen LogP contribution is 2.12. The lowest BCUT2D eigenvalue weighted by Crippen LogP contribution is -2.51. The molecule has 7 nitrogen and oxygen atoms in total. The molecule has 2 atom stereocenters. The van der Waals surface area contributed by atoms with Gasteiger partial charge >= 0.3 is 0 Å².